The van der Waals surface area contributed by atoms with Crippen LogP contribution in [0, 0.1) is 12.3 Å². The first-order valence-electron chi connectivity index (χ1n) is 6.30. The number of halogens is 1. The van der Waals surface area contributed by atoms with Gasteiger partial charge in [0, 0.05) is 22.4 Å². The maximum atomic E-state index is 11.8. The van der Waals surface area contributed by atoms with Crippen molar-refractivity contribution < 1.29 is 9.53 Å². The number of nitrogens with one attached hydrogen (secondary N) is 1. The van der Waals surface area contributed by atoms with Gasteiger partial charge in [0.25, 0.3) is 5.91 Å². The Kier molecular flexibility index (Phi) is 5.69. The largest absolute Gasteiger partial charge is 0.480 e. The number of pyridine rings is 1. The number of amides is 1. The molecule has 1 heterocycles. The van der Waals surface area contributed by atoms with Gasteiger partial charge in [-0.2, -0.15) is 5.10 Å². The van der Waals surface area contributed by atoms with E-state index in [1.165, 1.54) is 12.4 Å². The molecule has 6 heteroatoms. The number of rotatable bonds is 5. The van der Waals surface area contributed by atoms with Crippen LogP contribution >= 0.6 is 15.9 Å². The molecule has 110 valence electrons. The Morgan fingerprint density at radius 2 is 2.36 bits per heavy atom. The van der Waals surface area contributed by atoms with E-state index in [-0.39, 0.29) is 12.5 Å². The molecule has 22 heavy (non-hydrogen) atoms. The van der Waals surface area contributed by atoms with Gasteiger partial charge in [-0.15, -0.1) is 6.42 Å². The third kappa shape index (κ3) is 4.43. The van der Waals surface area contributed by atoms with Crippen molar-refractivity contribution >= 4 is 28.1 Å². The summed E-state index contributed by atoms with van der Waals surface area (Å²) in [6, 6.07) is 8.74. The van der Waals surface area contributed by atoms with Crippen LogP contribution in [0.2, 0.25) is 0 Å². The SMILES string of the molecule is C#CCOc1ccc(Br)cc1/C=N\NC(=O)c1cccnc1. The zero-order chi connectivity index (χ0) is 15.8. The number of carbonyl (C=O) groups excluding carboxylic acids is 1. The zero-order valence-corrected chi connectivity index (χ0v) is 13.1. The first-order valence-corrected chi connectivity index (χ1v) is 7.09. The Hall–Kier alpha value is -2.65. The summed E-state index contributed by atoms with van der Waals surface area (Å²) in [5, 5.41) is 3.92. The molecule has 0 atom stereocenters. The number of terminal acetylenes is 1. The molecule has 2 rings (SSSR count). The fourth-order valence-corrected chi connectivity index (χ4v) is 1.97. The van der Waals surface area contributed by atoms with E-state index in [2.05, 4.69) is 37.4 Å². The van der Waals surface area contributed by atoms with Gasteiger partial charge in [0.2, 0.25) is 0 Å². The summed E-state index contributed by atoms with van der Waals surface area (Å²) >= 11 is 3.37. The topological polar surface area (TPSA) is 63.6 Å². The number of aromatic nitrogens is 1. The second-order valence-electron chi connectivity index (χ2n) is 4.12. The van der Waals surface area contributed by atoms with Crippen LogP contribution in [0.3, 0.4) is 0 Å². The lowest BCUT2D eigenvalue weighted by Crippen LogP contribution is -2.17. The van der Waals surface area contributed by atoms with Gasteiger partial charge < -0.3 is 4.74 Å². The van der Waals surface area contributed by atoms with Gasteiger partial charge in [0.05, 0.1) is 11.8 Å². The molecule has 1 N–H and O–H groups in total. The predicted octanol–water partition coefficient (Wildman–Crippen LogP) is 2.62. The average molecular weight is 358 g/mol. The number of hydrogen-bond acceptors (Lipinski definition) is 4. The summed E-state index contributed by atoms with van der Waals surface area (Å²) < 4.78 is 6.27. The number of carbonyl (C=O) groups is 1. The molecule has 0 spiro atoms. The van der Waals surface area contributed by atoms with Crippen molar-refractivity contribution in [3.8, 4) is 18.1 Å². The maximum Gasteiger partial charge on any atom is 0.272 e. The summed E-state index contributed by atoms with van der Waals surface area (Å²) in [4.78, 5) is 15.7. The lowest BCUT2D eigenvalue weighted by Gasteiger charge is -2.06. The Balaban J connectivity index is 2.08. The van der Waals surface area contributed by atoms with E-state index in [9.17, 15) is 4.79 Å². The van der Waals surface area contributed by atoms with E-state index in [0.29, 0.717) is 16.9 Å². The summed E-state index contributed by atoms with van der Waals surface area (Å²) in [6.07, 6.45) is 9.73. The fraction of sp³-hybridized carbons (Fsp3) is 0.0625. The Morgan fingerprint density at radius 1 is 1.50 bits per heavy atom. The molecule has 0 fully saturated rings. The van der Waals surface area contributed by atoms with E-state index in [0.717, 1.165) is 4.47 Å². The highest BCUT2D eigenvalue weighted by Gasteiger charge is 2.04. The molecule has 1 amide bonds. The third-order valence-electron chi connectivity index (χ3n) is 2.58. The molecule has 2 aromatic rings. The summed E-state index contributed by atoms with van der Waals surface area (Å²) in [7, 11) is 0. The van der Waals surface area contributed by atoms with Crippen molar-refractivity contribution in [1.82, 2.24) is 10.4 Å². The van der Waals surface area contributed by atoms with Gasteiger partial charge in [-0.1, -0.05) is 21.9 Å². The smallest absolute Gasteiger partial charge is 0.272 e. The van der Waals surface area contributed by atoms with Crippen LogP contribution in [-0.4, -0.2) is 23.7 Å². The maximum absolute atomic E-state index is 11.8. The Labute approximate surface area is 136 Å². The number of hydrazone groups is 1. The molecular formula is C16H12BrN3O2. The number of nitrogens with zero attached hydrogens (tertiary/aromatic N) is 2. The van der Waals surface area contributed by atoms with E-state index in [1.54, 1.807) is 24.4 Å². The molecule has 0 saturated carbocycles. The first-order chi connectivity index (χ1) is 10.7. The number of benzene rings is 1. The summed E-state index contributed by atoms with van der Waals surface area (Å²) in [6.45, 7) is 0.157. The van der Waals surface area contributed by atoms with Crippen molar-refractivity contribution in [2.75, 3.05) is 6.61 Å². The van der Waals surface area contributed by atoms with Crippen LogP contribution in [0.5, 0.6) is 5.75 Å². The Bertz CT molecular complexity index is 724. The van der Waals surface area contributed by atoms with Gasteiger partial charge in [0.15, 0.2) is 0 Å². The van der Waals surface area contributed by atoms with E-state index < -0.39 is 0 Å². The second-order valence-corrected chi connectivity index (χ2v) is 5.03. The molecule has 0 aliphatic rings. The van der Waals surface area contributed by atoms with E-state index in [4.69, 9.17) is 11.2 Å². The molecule has 1 aromatic heterocycles. The minimum atomic E-state index is -0.342. The predicted molar refractivity (Wildman–Crippen MR) is 87.8 cm³/mol. The van der Waals surface area contributed by atoms with Gasteiger partial charge in [-0.3, -0.25) is 9.78 Å². The fourth-order valence-electron chi connectivity index (χ4n) is 1.59. The van der Waals surface area contributed by atoms with E-state index in [1.807, 2.05) is 12.1 Å². The normalized spacial score (nSPS) is 10.2. The summed E-state index contributed by atoms with van der Waals surface area (Å²) in [5.41, 5.74) is 3.55. The van der Waals surface area contributed by atoms with Gasteiger partial charge in [-0.25, -0.2) is 5.43 Å². The average Bonchev–Trinajstić information content (AvgIpc) is 2.55. The quantitative estimate of drug-likeness (QED) is 0.508. The van der Waals surface area contributed by atoms with Crippen molar-refractivity contribution in [3.05, 3.63) is 58.3 Å². The molecule has 0 radical (unpaired) electrons. The first kappa shape index (κ1) is 15.7. The highest BCUT2D eigenvalue weighted by molar-refractivity contribution is 9.10. The molecule has 0 unspecified atom stereocenters. The number of hydrogen-bond donors (Lipinski definition) is 1. The van der Waals surface area contributed by atoms with Crippen LogP contribution in [0.4, 0.5) is 0 Å². The monoisotopic (exact) mass is 357 g/mol. The lowest BCUT2D eigenvalue weighted by molar-refractivity contribution is 0.0955. The van der Waals surface area contributed by atoms with Crippen molar-refractivity contribution in [2.24, 2.45) is 5.10 Å². The molecular weight excluding hydrogens is 346 g/mol. The van der Waals surface area contributed by atoms with E-state index >= 15 is 0 Å². The molecule has 1 aromatic carbocycles. The highest BCUT2D eigenvalue weighted by atomic mass is 79.9. The standard InChI is InChI=1S/C16H12BrN3O2/c1-2-8-22-15-6-5-14(17)9-13(15)11-19-20-16(21)12-4-3-7-18-10-12/h1,3-7,9-11H,8H2,(H,20,21)/b19-11-. The second kappa shape index (κ2) is 7.96. The van der Waals surface area contributed by atoms with Crippen molar-refractivity contribution in [2.45, 2.75) is 0 Å². The van der Waals surface area contributed by atoms with Crippen LogP contribution in [-0.2, 0) is 0 Å². The van der Waals surface area contributed by atoms with Gasteiger partial charge in [0.1, 0.15) is 12.4 Å². The zero-order valence-electron chi connectivity index (χ0n) is 11.5. The molecule has 5 nitrogen and oxygen atoms in total. The van der Waals surface area contributed by atoms with Crippen LogP contribution in [0.1, 0.15) is 15.9 Å². The molecule has 0 saturated heterocycles. The summed E-state index contributed by atoms with van der Waals surface area (Å²) in [5.74, 6) is 2.64. The van der Waals surface area contributed by atoms with Gasteiger partial charge in [-0.05, 0) is 30.3 Å². The molecule has 0 aliphatic heterocycles. The minimum Gasteiger partial charge on any atom is -0.480 e. The van der Waals surface area contributed by atoms with Crippen LogP contribution in [0.15, 0.2) is 52.3 Å². The Morgan fingerprint density at radius 3 is 3.09 bits per heavy atom. The highest BCUT2D eigenvalue weighted by Crippen LogP contribution is 2.21. The number of ether oxygens (including phenoxy) is 1. The van der Waals surface area contributed by atoms with Crippen molar-refractivity contribution in [3.63, 3.8) is 0 Å². The van der Waals surface area contributed by atoms with Crippen molar-refractivity contribution in [1.29, 1.82) is 0 Å². The lowest BCUT2D eigenvalue weighted by atomic mass is 10.2. The molecule has 0 aliphatic carbocycles. The van der Waals surface area contributed by atoms with Gasteiger partial charge >= 0.3 is 0 Å². The minimum absolute atomic E-state index is 0.157. The van der Waals surface area contributed by atoms with Crippen LogP contribution in [0.25, 0.3) is 0 Å². The third-order valence-corrected chi connectivity index (χ3v) is 3.07. The molecule has 0 bridgehead atoms. The van der Waals surface area contributed by atoms with Crippen LogP contribution < -0.4 is 10.2 Å².